The summed E-state index contributed by atoms with van der Waals surface area (Å²) in [6.45, 7) is 1.56. The second-order valence-corrected chi connectivity index (χ2v) is 4.20. The number of hydrogen-bond acceptors (Lipinski definition) is 7. The van der Waals surface area contributed by atoms with Crippen LogP contribution in [0.2, 0.25) is 0 Å². The summed E-state index contributed by atoms with van der Waals surface area (Å²) in [5.74, 6) is 5.66. The highest BCUT2D eigenvalue weighted by atomic mass is 16.6. The van der Waals surface area contributed by atoms with Crippen molar-refractivity contribution in [2.24, 2.45) is 5.84 Å². The summed E-state index contributed by atoms with van der Waals surface area (Å²) in [7, 11) is 0. The molecule has 0 unspecified atom stereocenters. The van der Waals surface area contributed by atoms with Gasteiger partial charge in [0.25, 0.3) is 0 Å². The molecule has 2 rings (SSSR count). The lowest BCUT2D eigenvalue weighted by molar-refractivity contribution is -0.383. The highest BCUT2D eigenvalue weighted by Crippen LogP contribution is 2.32. The normalized spacial score (nSPS) is 16.2. The van der Waals surface area contributed by atoms with E-state index in [0.717, 1.165) is 38.8 Å². The summed E-state index contributed by atoms with van der Waals surface area (Å²) in [5.41, 5.74) is 2.10. The number of nitro groups is 1. The standard InChI is InChI=1S/C10H16N6O2/c11-14-9-8(16(17)18)10(13-7-12-9)15-5-3-1-2-4-6-15/h7H,1-6,11H2,(H,12,13,14). The summed E-state index contributed by atoms with van der Waals surface area (Å²) >= 11 is 0. The van der Waals surface area contributed by atoms with Gasteiger partial charge in [-0.05, 0) is 12.8 Å². The van der Waals surface area contributed by atoms with Gasteiger partial charge in [-0.15, -0.1) is 0 Å². The molecule has 1 saturated heterocycles. The lowest BCUT2D eigenvalue weighted by atomic mass is 10.2. The molecule has 1 aromatic heterocycles. The number of nitrogens with two attached hydrogens (primary N) is 1. The Morgan fingerprint density at radius 2 is 1.94 bits per heavy atom. The molecule has 8 heteroatoms. The number of hydrogen-bond donors (Lipinski definition) is 2. The van der Waals surface area contributed by atoms with Gasteiger partial charge in [-0.25, -0.2) is 15.8 Å². The molecule has 98 valence electrons. The van der Waals surface area contributed by atoms with E-state index in [1.165, 1.54) is 6.33 Å². The largest absolute Gasteiger partial charge is 0.354 e. The van der Waals surface area contributed by atoms with Gasteiger partial charge < -0.3 is 10.3 Å². The van der Waals surface area contributed by atoms with Gasteiger partial charge in [0, 0.05) is 13.1 Å². The maximum absolute atomic E-state index is 11.1. The summed E-state index contributed by atoms with van der Waals surface area (Å²) in [5, 5.41) is 11.1. The first kappa shape index (κ1) is 12.5. The monoisotopic (exact) mass is 252 g/mol. The number of aromatic nitrogens is 2. The third kappa shape index (κ3) is 2.48. The Labute approximate surface area is 104 Å². The molecule has 0 aliphatic carbocycles. The number of nitrogen functional groups attached to an aromatic ring is 1. The van der Waals surface area contributed by atoms with Crippen LogP contribution >= 0.6 is 0 Å². The molecule has 3 N–H and O–H groups in total. The van der Waals surface area contributed by atoms with E-state index in [2.05, 4.69) is 15.4 Å². The predicted octanol–water partition coefficient (Wildman–Crippen LogP) is 1.05. The molecule has 1 aliphatic rings. The SMILES string of the molecule is NNc1ncnc(N2CCCCCC2)c1[N+](=O)[O-]. The molecule has 18 heavy (non-hydrogen) atoms. The van der Waals surface area contributed by atoms with Crippen molar-refractivity contribution in [2.75, 3.05) is 23.4 Å². The van der Waals surface area contributed by atoms with E-state index in [4.69, 9.17) is 5.84 Å². The maximum Gasteiger partial charge on any atom is 0.354 e. The van der Waals surface area contributed by atoms with Gasteiger partial charge in [0.15, 0.2) is 0 Å². The molecule has 2 heterocycles. The van der Waals surface area contributed by atoms with Crippen molar-refractivity contribution >= 4 is 17.3 Å². The van der Waals surface area contributed by atoms with Gasteiger partial charge in [0.2, 0.25) is 11.6 Å². The van der Waals surface area contributed by atoms with Gasteiger partial charge in [-0.3, -0.25) is 10.1 Å². The molecule has 8 nitrogen and oxygen atoms in total. The molecule has 0 bridgehead atoms. The fourth-order valence-corrected chi connectivity index (χ4v) is 2.16. The second-order valence-electron chi connectivity index (χ2n) is 4.20. The molecule has 0 atom stereocenters. The van der Waals surface area contributed by atoms with E-state index in [9.17, 15) is 10.1 Å². The first-order valence-corrected chi connectivity index (χ1v) is 5.95. The summed E-state index contributed by atoms with van der Waals surface area (Å²) in [6.07, 6.45) is 5.64. The molecule has 0 saturated carbocycles. The minimum absolute atomic E-state index is 0.0502. The van der Waals surface area contributed by atoms with Crippen molar-refractivity contribution in [1.29, 1.82) is 0 Å². The molecule has 1 aliphatic heterocycles. The molecular weight excluding hydrogens is 236 g/mol. The number of nitrogens with one attached hydrogen (secondary N) is 1. The first-order chi connectivity index (χ1) is 8.74. The van der Waals surface area contributed by atoms with Crippen molar-refractivity contribution in [1.82, 2.24) is 9.97 Å². The van der Waals surface area contributed by atoms with Gasteiger partial charge in [-0.2, -0.15) is 0 Å². The topological polar surface area (TPSA) is 110 Å². The van der Waals surface area contributed by atoms with E-state index in [-0.39, 0.29) is 11.5 Å². The average molecular weight is 252 g/mol. The zero-order valence-corrected chi connectivity index (χ0v) is 10.0. The summed E-state index contributed by atoms with van der Waals surface area (Å²) in [6, 6.07) is 0. The van der Waals surface area contributed by atoms with Crippen molar-refractivity contribution in [3.63, 3.8) is 0 Å². The minimum Gasteiger partial charge on any atom is -0.351 e. The Morgan fingerprint density at radius 1 is 1.28 bits per heavy atom. The van der Waals surface area contributed by atoms with Crippen molar-refractivity contribution in [2.45, 2.75) is 25.7 Å². The summed E-state index contributed by atoms with van der Waals surface area (Å²) in [4.78, 5) is 20.4. The van der Waals surface area contributed by atoms with E-state index >= 15 is 0 Å². The molecule has 0 radical (unpaired) electrons. The Bertz CT molecular complexity index is 430. The summed E-state index contributed by atoms with van der Waals surface area (Å²) < 4.78 is 0. The smallest absolute Gasteiger partial charge is 0.351 e. The number of anilines is 2. The molecule has 0 amide bonds. The first-order valence-electron chi connectivity index (χ1n) is 5.95. The molecular formula is C10H16N6O2. The second kappa shape index (κ2) is 5.58. The number of nitrogens with zero attached hydrogens (tertiary/aromatic N) is 4. The van der Waals surface area contributed by atoms with E-state index in [0.29, 0.717) is 5.82 Å². The van der Waals surface area contributed by atoms with Crippen LogP contribution in [0.5, 0.6) is 0 Å². The third-order valence-electron chi connectivity index (χ3n) is 3.03. The molecule has 0 spiro atoms. The van der Waals surface area contributed by atoms with Crippen molar-refractivity contribution in [3.05, 3.63) is 16.4 Å². The van der Waals surface area contributed by atoms with Crippen molar-refractivity contribution < 1.29 is 4.92 Å². The number of hydrazine groups is 1. The van der Waals surface area contributed by atoms with Crippen LogP contribution in [0, 0.1) is 10.1 Å². The highest BCUT2D eigenvalue weighted by molar-refractivity contribution is 5.69. The fourth-order valence-electron chi connectivity index (χ4n) is 2.16. The molecule has 1 aromatic rings. The predicted molar refractivity (Wildman–Crippen MR) is 67.2 cm³/mol. The quantitative estimate of drug-likeness (QED) is 0.470. The number of rotatable bonds is 3. The van der Waals surface area contributed by atoms with E-state index in [1.54, 1.807) is 0 Å². The van der Waals surface area contributed by atoms with Crippen LogP contribution in [0.25, 0.3) is 0 Å². The van der Waals surface area contributed by atoms with Crippen molar-refractivity contribution in [3.8, 4) is 0 Å². The van der Waals surface area contributed by atoms with Crippen LogP contribution < -0.4 is 16.2 Å². The lowest BCUT2D eigenvalue weighted by Crippen LogP contribution is -2.26. The van der Waals surface area contributed by atoms with E-state index in [1.807, 2.05) is 4.90 Å². The van der Waals surface area contributed by atoms with Crippen LogP contribution in [0.3, 0.4) is 0 Å². The lowest BCUT2D eigenvalue weighted by Gasteiger charge is -2.21. The molecule has 1 fully saturated rings. The Morgan fingerprint density at radius 3 is 2.50 bits per heavy atom. The Kier molecular flexibility index (Phi) is 3.88. The zero-order chi connectivity index (χ0) is 13.0. The third-order valence-corrected chi connectivity index (χ3v) is 3.03. The Hall–Kier alpha value is -1.96. The maximum atomic E-state index is 11.1. The van der Waals surface area contributed by atoms with Crippen LogP contribution in [-0.4, -0.2) is 28.0 Å². The van der Waals surface area contributed by atoms with Crippen LogP contribution in [-0.2, 0) is 0 Å². The van der Waals surface area contributed by atoms with Crippen LogP contribution in [0.4, 0.5) is 17.3 Å². The molecule has 0 aromatic carbocycles. The van der Waals surface area contributed by atoms with E-state index < -0.39 is 4.92 Å². The van der Waals surface area contributed by atoms with Crippen LogP contribution in [0.1, 0.15) is 25.7 Å². The minimum atomic E-state index is -0.491. The van der Waals surface area contributed by atoms with Gasteiger partial charge in [-0.1, -0.05) is 12.8 Å². The van der Waals surface area contributed by atoms with Crippen LogP contribution in [0.15, 0.2) is 6.33 Å². The Balaban J connectivity index is 2.38. The van der Waals surface area contributed by atoms with Gasteiger partial charge in [0.1, 0.15) is 6.33 Å². The fraction of sp³-hybridized carbons (Fsp3) is 0.600. The zero-order valence-electron chi connectivity index (χ0n) is 10.0. The highest BCUT2D eigenvalue weighted by Gasteiger charge is 2.26. The van der Waals surface area contributed by atoms with Gasteiger partial charge in [0.05, 0.1) is 4.92 Å². The average Bonchev–Trinajstić information content (AvgIpc) is 2.66. The van der Waals surface area contributed by atoms with Gasteiger partial charge >= 0.3 is 5.69 Å².